The molecule has 6 heteroatoms. The average molecular weight is 275 g/mol. The van der Waals surface area contributed by atoms with Gasteiger partial charge >= 0.3 is 0 Å². The van der Waals surface area contributed by atoms with E-state index >= 15 is 0 Å². The van der Waals surface area contributed by atoms with Crippen LogP contribution in [-0.2, 0) is 0 Å². The Labute approximate surface area is 115 Å². The second-order valence-corrected chi connectivity index (χ2v) is 3.72. The normalized spacial score (nSPS) is 10.0. The number of rotatable bonds is 8. The highest BCUT2D eigenvalue weighted by Gasteiger charge is 2.00. The van der Waals surface area contributed by atoms with Gasteiger partial charge in [0.1, 0.15) is 12.1 Å². The fraction of sp³-hybridized carbons (Fsp3) is 0.667. The van der Waals surface area contributed by atoms with Gasteiger partial charge < -0.3 is 15.0 Å². The molecule has 104 valence electrons. The zero-order valence-electron chi connectivity index (χ0n) is 11.3. The first-order valence-electron chi connectivity index (χ1n) is 6.15. The van der Waals surface area contributed by atoms with Crippen molar-refractivity contribution in [3.05, 3.63) is 12.4 Å². The second-order valence-electron chi connectivity index (χ2n) is 3.72. The second kappa shape index (κ2) is 9.91. The van der Waals surface area contributed by atoms with E-state index in [0.717, 1.165) is 31.9 Å². The SMILES string of the molecule is CCN(CC)CCCOc1cc(NC)ncn1.Cl. The maximum atomic E-state index is 5.57. The molecule has 0 saturated heterocycles. The number of anilines is 1. The molecule has 5 nitrogen and oxygen atoms in total. The number of halogens is 1. The van der Waals surface area contributed by atoms with Crippen molar-refractivity contribution in [2.75, 3.05) is 38.6 Å². The lowest BCUT2D eigenvalue weighted by Gasteiger charge is -2.17. The van der Waals surface area contributed by atoms with E-state index in [2.05, 4.69) is 34.0 Å². The van der Waals surface area contributed by atoms with Gasteiger partial charge in [0.2, 0.25) is 5.88 Å². The summed E-state index contributed by atoms with van der Waals surface area (Å²) in [6, 6.07) is 1.80. The number of hydrogen-bond acceptors (Lipinski definition) is 5. The number of nitrogens with one attached hydrogen (secondary N) is 1. The highest BCUT2D eigenvalue weighted by Crippen LogP contribution is 2.10. The van der Waals surface area contributed by atoms with E-state index in [1.807, 2.05) is 7.05 Å². The summed E-state index contributed by atoms with van der Waals surface area (Å²) < 4.78 is 5.57. The van der Waals surface area contributed by atoms with Gasteiger partial charge in [-0.3, -0.25) is 0 Å². The summed E-state index contributed by atoms with van der Waals surface area (Å²) in [5.74, 6) is 1.41. The molecule has 1 rings (SSSR count). The van der Waals surface area contributed by atoms with E-state index in [0.29, 0.717) is 12.5 Å². The summed E-state index contributed by atoms with van der Waals surface area (Å²) in [5, 5.41) is 2.95. The Balaban J connectivity index is 0.00000289. The van der Waals surface area contributed by atoms with Crippen LogP contribution in [0.25, 0.3) is 0 Å². The highest BCUT2D eigenvalue weighted by atomic mass is 35.5. The number of nitrogens with zero attached hydrogens (tertiary/aromatic N) is 3. The predicted octanol–water partition coefficient (Wildman–Crippen LogP) is 2.05. The van der Waals surface area contributed by atoms with Gasteiger partial charge in [-0.05, 0) is 19.5 Å². The Morgan fingerprint density at radius 3 is 2.61 bits per heavy atom. The zero-order chi connectivity index (χ0) is 12.5. The smallest absolute Gasteiger partial charge is 0.218 e. The molecule has 18 heavy (non-hydrogen) atoms. The molecule has 1 aromatic rings. The Morgan fingerprint density at radius 1 is 1.28 bits per heavy atom. The van der Waals surface area contributed by atoms with Gasteiger partial charge in [0.15, 0.2) is 0 Å². The molecule has 0 aliphatic rings. The molecule has 1 N–H and O–H groups in total. The molecule has 0 aliphatic carbocycles. The van der Waals surface area contributed by atoms with Crippen LogP contribution in [0.1, 0.15) is 20.3 Å². The molecule has 0 atom stereocenters. The molecule has 0 amide bonds. The Hall–Kier alpha value is -1.07. The molecule has 0 saturated carbocycles. The first-order valence-corrected chi connectivity index (χ1v) is 6.15. The fourth-order valence-electron chi connectivity index (χ4n) is 1.56. The zero-order valence-corrected chi connectivity index (χ0v) is 12.2. The van der Waals surface area contributed by atoms with E-state index < -0.39 is 0 Å². The minimum Gasteiger partial charge on any atom is -0.477 e. The van der Waals surface area contributed by atoms with Crippen LogP contribution >= 0.6 is 12.4 Å². The average Bonchev–Trinajstić information content (AvgIpc) is 2.39. The van der Waals surface area contributed by atoms with E-state index in [-0.39, 0.29) is 12.4 Å². The van der Waals surface area contributed by atoms with Crippen LogP contribution < -0.4 is 10.1 Å². The minimum atomic E-state index is 0. The molecule has 0 unspecified atom stereocenters. The van der Waals surface area contributed by atoms with Crippen LogP contribution in [0.4, 0.5) is 5.82 Å². The first kappa shape index (κ1) is 16.9. The minimum absolute atomic E-state index is 0. The topological polar surface area (TPSA) is 50.3 Å². The van der Waals surface area contributed by atoms with Crippen LogP contribution in [0.5, 0.6) is 5.88 Å². The van der Waals surface area contributed by atoms with Crippen LogP contribution in [0.3, 0.4) is 0 Å². The molecule has 0 bridgehead atoms. The standard InChI is InChI=1S/C12H22N4O.ClH/c1-4-16(5-2)7-6-8-17-12-9-11(13-3)14-10-15-12;/h9-10H,4-8H2,1-3H3,(H,13,14,15);1H. The van der Waals surface area contributed by atoms with Gasteiger partial charge in [0, 0.05) is 19.7 Å². The van der Waals surface area contributed by atoms with Crippen molar-refractivity contribution < 1.29 is 4.74 Å². The maximum Gasteiger partial charge on any atom is 0.218 e. The van der Waals surface area contributed by atoms with Gasteiger partial charge in [0.05, 0.1) is 6.61 Å². The quantitative estimate of drug-likeness (QED) is 0.736. The summed E-state index contributed by atoms with van der Waals surface area (Å²) in [5.41, 5.74) is 0. The van der Waals surface area contributed by atoms with Crippen molar-refractivity contribution in [1.29, 1.82) is 0 Å². The molecule has 0 radical (unpaired) electrons. The maximum absolute atomic E-state index is 5.57. The molecular weight excluding hydrogens is 252 g/mol. The Bertz CT molecular complexity index is 321. The van der Waals surface area contributed by atoms with Crippen molar-refractivity contribution in [3.8, 4) is 5.88 Å². The lowest BCUT2D eigenvalue weighted by atomic mass is 10.4. The molecule has 0 aromatic carbocycles. The van der Waals surface area contributed by atoms with Gasteiger partial charge in [0.25, 0.3) is 0 Å². The molecule has 1 aromatic heterocycles. The highest BCUT2D eigenvalue weighted by molar-refractivity contribution is 5.85. The van der Waals surface area contributed by atoms with E-state index in [4.69, 9.17) is 4.74 Å². The molecule has 0 aliphatic heterocycles. The van der Waals surface area contributed by atoms with Crippen LogP contribution in [0.2, 0.25) is 0 Å². The molecule has 0 spiro atoms. The van der Waals surface area contributed by atoms with Crippen LogP contribution in [0, 0.1) is 0 Å². The van der Waals surface area contributed by atoms with E-state index in [1.165, 1.54) is 6.33 Å². The third-order valence-electron chi connectivity index (χ3n) is 2.66. The molecular formula is C12H23ClN4O. The van der Waals surface area contributed by atoms with E-state index in [9.17, 15) is 0 Å². The lowest BCUT2D eigenvalue weighted by Crippen LogP contribution is -2.25. The Kier molecular flexibility index (Phi) is 9.32. The van der Waals surface area contributed by atoms with Crippen molar-refractivity contribution in [2.24, 2.45) is 0 Å². The third kappa shape index (κ3) is 6.02. The summed E-state index contributed by atoms with van der Waals surface area (Å²) in [6.45, 7) is 8.29. The van der Waals surface area contributed by atoms with Crippen LogP contribution in [-0.4, -0.2) is 48.2 Å². The van der Waals surface area contributed by atoms with Gasteiger partial charge in [-0.1, -0.05) is 13.8 Å². The predicted molar refractivity (Wildman–Crippen MR) is 76.7 cm³/mol. The number of ether oxygens (including phenoxy) is 1. The fourth-order valence-corrected chi connectivity index (χ4v) is 1.56. The van der Waals surface area contributed by atoms with Crippen molar-refractivity contribution in [3.63, 3.8) is 0 Å². The third-order valence-corrected chi connectivity index (χ3v) is 2.66. The summed E-state index contributed by atoms with van der Waals surface area (Å²) in [4.78, 5) is 10.5. The molecule has 1 heterocycles. The lowest BCUT2D eigenvalue weighted by molar-refractivity contribution is 0.244. The number of aromatic nitrogens is 2. The van der Waals surface area contributed by atoms with Crippen molar-refractivity contribution in [1.82, 2.24) is 14.9 Å². The molecule has 0 fully saturated rings. The summed E-state index contributed by atoms with van der Waals surface area (Å²) >= 11 is 0. The van der Waals surface area contributed by atoms with Gasteiger partial charge in [-0.25, -0.2) is 9.97 Å². The monoisotopic (exact) mass is 274 g/mol. The largest absolute Gasteiger partial charge is 0.477 e. The summed E-state index contributed by atoms with van der Waals surface area (Å²) in [7, 11) is 1.83. The van der Waals surface area contributed by atoms with E-state index in [1.54, 1.807) is 6.07 Å². The Morgan fingerprint density at radius 2 is 2.00 bits per heavy atom. The number of hydrogen-bond donors (Lipinski definition) is 1. The van der Waals surface area contributed by atoms with Crippen LogP contribution in [0.15, 0.2) is 12.4 Å². The van der Waals surface area contributed by atoms with Crippen molar-refractivity contribution >= 4 is 18.2 Å². The van der Waals surface area contributed by atoms with Gasteiger partial charge in [-0.15, -0.1) is 12.4 Å². The van der Waals surface area contributed by atoms with Gasteiger partial charge in [-0.2, -0.15) is 0 Å². The first-order chi connectivity index (χ1) is 8.30. The summed E-state index contributed by atoms with van der Waals surface area (Å²) in [6.07, 6.45) is 2.52. The van der Waals surface area contributed by atoms with Crippen molar-refractivity contribution in [2.45, 2.75) is 20.3 Å².